The lowest BCUT2D eigenvalue weighted by molar-refractivity contribution is -0.148. The Hall–Kier alpha value is -1.39. The Morgan fingerprint density at radius 1 is 1.44 bits per heavy atom. The van der Waals surface area contributed by atoms with Crippen LogP contribution in [0.1, 0.15) is 12.5 Å². The molecule has 1 aliphatic rings. The van der Waals surface area contributed by atoms with Crippen molar-refractivity contribution >= 4 is 5.97 Å². The third-order valence-electron chi connectivity index (χ3n) is 2.92. The molecule has 4 heteroatoms. The lowest BCUT2D eigenvalue weighted by Crippen LogP contribution is -2.43. The van der Waals surface area contributed by atoms with Crippen LogP contribution in [0.5, 0.6) is 0 Å². The summed E-state index contributed by atoms with van der Waals surface area (Å²) < 4.78 is 10.7. The van der Waals surface area contributed by atoms with Crippen molar-refractivity contribution in [3.05, 3.63) is 35.9 Å². The molecule has 0 radical (unpaired) electrons. The Morgan fingerprint density at radius 3 is 2.94 bits per heavy atom. The molecule has 98 valence electrons. The van der Waals surface area contributed by atoms with Gasteiger partial charge in [0.2, 0.25) is 0 Å². The molecular weight excluding hydrogens is 230 g/mol. The van der Waals surface area contributed by atoms with Crippen LogP contribution in [0.4, 0.5) is 0 Å². The fourth-order valence-electron chi connectivity index (χ4n) is 2.00. The molecular formula is C14H19NO3. The average Bonchev–Trinajstić information content (AvgIpc) is 2.38. The number of ether oxygens (including phenoxy) is 2. The van der Waals surface area contributed by atoms with Gasteiger partial charge in [0.15, 0.2) is 0 Å². The fraction of sp³-hybridized carbons (Fsp3) is 0.500. The lowest BCUT2D eigenvalue weighted by atomic mass is 10.2. The molecule has 1 aromatic carbocycles. The van der Waals surface area contributed by atoms with E-state index in [2.05, 4.69) is 4.90 Å². The molecule has 0 N–H and O–H groups in total. The topological polar surface area (TPSA) is 38.8 Å². The number of esters is 1. The van der Waals surface area contributed by atoms with Crippen LogP contribution in [0.2, 0.25) is 0 Å². The zero-order valence-electron chi connectivity index (χ0n) is 10.7. The fourth-order valence-corrected chi connectivity index (χ4v) is 2.00. The quantitative estimate of drug-likeness (QED) is 0.757. The number of benzene rings is 1. The molecule has 0 saturated carbocycles. The van der Waals surface area contributed by atoms with Crippen molar-refractivity contribution in [1.29, 1.82) is 0 Å². The Bertz CT molecular complexity index is 380. The predicted molar refractivity (Wildman–Crippen MR) is 68.1 cm³/mol. The van der Waals surface area contributed by atoms with Crippen molar-refractivity contribution in [2.75, 3.05) is 26.2 Å². The molecule has 1 aromatic rings. The molecule has 0 amide bonds. The Kier molecular flexibility index (Phi) is 4.73. The van der Waals surface area contributed by atoms with Gasteiger partial charge in [-0.25, -0.2) is 0 Å². The Balaban J connectivity index is 1.72. The highest BCUT2D eigenvalue weighted by Gasteiger charge is 2.19. The molecule has 0 aromatic heterocycles. The predicted octanol–water partition coefficient (Wildman–Crippen LogP) is 1.45. The van der Waals surface area contributed by atoms with E-state index in [0.29, 0.717) is 19.8 Å². The molecule has 0 aliphatic carbocycles. The van der Waals surface area contributed by atoms with Crippen molar-refractivity contribution in [3.8, 4) is 0 Å². The van der Waals surface area contributed by atoms with Gasteiger partial charge in [0, 0.05) is 13.1 Å². The van der Waals surface area contributed by atoms with E-state index in [4.69, 9.17) is 9.47 Å². The van der Waals surface area contributed by atoms with Gasteiger partial charge >= 0.3 is 5.97 Å². The van der Waals surface area contributed by atoms with Gasteiger partial charge in [-0.3, -0.25) is 9.69 Å². The number of morpholine rings is 1. The van der Waals surface area contributed by atoms with Crippen LogP contribution in [0.15, 0.2) is 30.3 Å². The highest BCUT2D eigenvalue weighted by molar-refractivity contribution is 5.71. The maximum Gasteiger partial charge on any atom is 0.320 e. The van der Waals surface area contributed by atoms with Crippen LogP contribution < -0.4 is 0 Å². The summed E-state index contributed by atoms with van der Waals surface area (Å²) in [5.41, 5.74) is 1.01. The van der Waals surface area contributed by atoms with Crippen LogP contribution in [0.3, 0.4) is 0 Å². The number of carbonyl (C=O) groups excluding carboxylic acids is 1. The first-order chi connectivity index (χ1) is 8.74. The largest absolute Gasteiger partial charge is 0.460 e. The summed E-state index contributed by atoms with van der Waals surface area (Å²) in [6.45, 7) is 4.99. The molecule has 1 unspecified atom stereocenters. The molecule has 18 heavy (non-hydrogen) atoms. The van der Waals surface area contributed by atoms with Gasteiger partial charge in [0.25, 0.3) is 0 Å². The third kappa shape index (κ3) is 4.13. The van der Waals surface area contributed by atoms with Crippen molar-refractivity contribution in [3.63, 3.8) is 0 Å². The SMILES string of the molecule is CC1CN(CC(=O)OCc2ccccc2)CCO1. The van der Waals surface area contributed by atoms with E-state index in [-0.39, 0.29) is 12.1 Å². The first-order valence-electron chi connectivity index (χ1n) is 6.27. The zero-order chi connectivity index (χ0) is 12.8. The summed E-state index contributed by atoms with van der Waals surface area (Å²) in [6, 6.07) is 9.72. The second-order valence-corrected chi connectivity index (χ2v) is 4.56. The molecule has 2 rings (SSSR count). The second-order valence-electron chi connectivity index (χ2n) is 4.56. The Morgan fingerprint density at radius 2 is 2.22 bits per heavy atom. The van der Waals surface area contributed by atoms with E-state index in [1.807, 2.05) is 37.3 Å². The van der Waals surface area contributed by atoms with Crippen molar-refractivity contribution in [2.24, 2.45) is 0 Å². The summed E-state index contributed by atoms with van der Waals surface area (Å²) in [5.74, 6) is -0.173. The maximum atomic E-state index is 11.7. The monoisotopic (exact) mass is 249 g/mol. The highest BCUT2D eigenvalue weighted by Crippen LogP contribution is 2.05. The van der Waals surface area contributed by atoms with Crippen molar-refractivity contribution in [2.45, 2.75) is 19.6 Å². The first kappa shape index (κ1) is 13.1. The molecule has 4 nitrogen and oxygen atoms in total. The van der Waals surface area contributed by atoms with Crippen LogP contribution >= 0.6 is 0 Å². The van der Waals surface area contributed by atoms with Gasteiger partial charge < -0.3 is 9.47 Å². The molecule has 1 atom stereocenters. The van der Waals surface area contributed by atoms with E-state index < -0.39 is 0 Å². The van der Waals surface area contributed by atoms with Crippen molar-refractivity contribution < 1.29 is 14.3 Å². The standard InChI is InChI=1S/C14H19NO3/c1-12-9-15(7-8-17-12)10-14(16)18-11-13-5-3-2-4-6-13/h2-6,12H,7-11H2,1H3. The minimum Gasteiger partial charge on any atom is -0.460 e. The molecule has 0 bridgehead atoms. The maximum absolute atomic E-state index is 11.7. The highest BCUT2D eigenvalue weighted by atomic mass is 16.5. The molecule has 1 aliphatic heterocycles. The molecule has 1 saturated heterocycles. The van der Waals surface area contributed by atoms with Crippen LogP contribution in [0, 0.1) is 0 Å². The normalized spacial score (nSPS) is 20.6. The van der Waals surface area contributed by atoms with E-state index in [0.717, 1.165) is 18.7 Å². The number of nitrogens with zero attached hydrogens (tertiary/aromatic N) is 1. The van der Waals surface area contributed by atoms with Gasteiger partial charge in [-0.05, 0) is 12.5 Å². The van der Waals surface area contributed by atoms with Crippen LogP contribution in [-0.4, -0.2) is 43.2 Å². The van der Waals surface area contributed by atoms with E-state index >= 15 is 0 Å². The first-order valence-corrected chi connectivity index (χ1v) is 6.27. The molecule has 1 heterocycles. The van der Waals surface area contributed by atoms with E-state index in [1.165, 1.54) is 0 Å². The van der Waals surface area contributed by atoms with Gasteiger partial charge in [0.1, 0.15) is 6.61 Å². The summed E-state index contributed by atoms with van der Waals surface area (Å²) in [6.07, 6.45) is 0.195. The van der Waals surface area contributed by atoms with Gasteiger partial charge in [0.05, 0.1) is 19.3 Å². The minimum absolute atomic E-state index is 0.173. The Labute approximate surface area is 107 Å². The smallest absolute Gasteiger partial charge is 0.320 e. The summed E-state index contributed by atoms with van der Waals surface area (Å²) >= 11 is 0. The third-order valence-corrected chi connectivity index (χ3v) is 2.92. The molecule has 0 spiro atoms. The van der Waals surface area contributed by atoms with Crippen molar-refractivity contribution in [1.82, 2.24) is 4.90 Å². The van der Waals surface area contributed by atoms with Crippen LogP contribution in [-0.2, 0) is 20.9 Å². The van der Waals surface area contributed by atoms with E-state index in [1.54, 1.807) is 0 Å². The number of rotatable bonds is 4. The van der Waals surface area contributed by atoms with E-state index in [9.17, 15) is 4.79 Å². The van der Waals surface area contributed by atoms with Gasteiger partial charge in [-0.2, -0.15) is 0 Å². The minimum atomic E-state index is -0.173. The summed E-state index contributed by atoms with van der Waals surface area (Å²) in [7, 11) is 0. The number of hydrogen-bond acceptors (Lipinski definition) is 4. The summed E-state index contributed by atoms with van der Waals surface area (Å²) in [4.78, 5) is 13.8. The lowest BCUT2D eigenvalue weighted by Gasteiger charge is -2.30. The van der Waals surface area contributed by atoms with Gasteiger partial charge in [-0.1, -0.05) is 30.3 Å². The van der Waals surface area contributed by atoms with Crippen LogP contribution in [0.25, 0.3) is 0 Å². The number of carbonyl (C=O) groups is 1. The zero-order valence-corrected chi connectivity index (χ0v) is 10.7. The average molecular weight is 249 g/mol. The molecule has 1 fully saturated rings. The van der Waals surface area contributed by atoms with Gasteiger partial charge in [-0.15, -0.1) is 0 Å². The number of hydrogen-bond donors (Lipinski definition) is 0. The second kappa shape index (κ2) is 6.52. The summed E-state index contributed by atoms with van der Waals surface area (Å²) in [5, 5.41) is 0.